The average Bonchev–Trinajstić information content (AvgIpc) is 3.27. The molecule has 3 aromatic carbocycles. The monoisotopic (exact) mass is 681 g/mol. The van der Waals surface area contributed by atoms with E-state index in [2.05, 4.69) is 123 Å². The van der Waals surface area contributed by atoms with Gasteiger partial charge >= 0.3 is 0 Å². The van der Waals surface area contributed by atoms with Crippen molar-refractivity contribution in [1.82, 2.24) is 4.98 Å². The zero-order valence-electron chi connectivity index (χ0n) is 22.5. The second-order valence-corrected chi connectivity index (χ2v) is 15.7. The van der Waals surface area contributed by atoms with Gasteiger partial charge in [0.15, 0.2) is 0 Å². The topological polar surface area (TPSA) is 19.4 Å². The predicted octanol–water partition coefficient (Wildman–Crippen LogP) is 4.90. The van der Waals surface area contributed by atoms with E-state index >= 15 is 0 Å². The van der Waals surface area contributed by atoms with Gasteiger partial charge in [-0.15, -0.1) is 34.9 Å². The number of aromatic nitrogens is 1. The third-order valence-corrected chi connectivity index (χ3v) is 12.0. The molecule has 5 heteroatoms. The van der Waals surface area contributed by atoms with Gasteiger partial charge in [0.25, 0.3) is 0 Å². The Kier molecular flexibility index (Phi) is 6.46. The van der Waals surface area contributed by atoms with Gasteiger partial charge in [0.2, 0.25) is 0 Å². The molecule has 3 nitrogen and oxygen atoms in total. The Balaban J connectivity index is 0.00000280. The Hall–Kier alpha value is -2.72. The Morgan fingerprint density at radius 2 is 1.38 bits per heavy atom. The Morgan fingerprint density at radius 3 is 1.92 bits per heavy atom. The minimum Gasteiger partial charge on any atom is -0.378 e. The van der Waals surface area contributed by atoms with Crippen LogP contribution in [0.15, 0.2) is 72.9 Å². The van der Waals surface area contributed by atoms with Crippen LogP contribution in [-0.4, -0.2) is 41.2 Å². The number of nitrogens with zero attached hydrogens (tertiary/aromatic N) is 3. The first-order valence-electron chi connectivity index (χ1n) is 12.8. The predicted molar refractivity (Wildman–Crippen MR) is 155 cm³/mol. The van der Waals surface area contributed by atoms with Crippen molar-refractivity contribution in [3.05, 3.63) is 101 Å². The van der Waals surface area contributed by atoms with E-state index < -0.39 is 8.07 Å². The Bertz CT molecular complexity index is 1420. The van der Waals surface area contributed by atoms with E-state index in [4.69, 9.17) is 0 Å². The fourth-order valence-electron chi connectivity index (χ4n) is 6.45. The normalized spacial score (nSPS) is 15.8. The van der Waals surface area contributed by atoms with Gasteiger partial charge < -0.3 is 14.8 Å². The number of benzene rings is 3. The summed E-state index contributed by atoms with van der Waals surface area (Å²) < 4.78 is 0. The summed E-state index contributed by atoms with van der Waals surface area (Å²) in [5.41, 5.74) is 10.5. The summed E-state index contributed by atoms with van der Waals surface area (Å²) in [5, 5.41) is 3.17. The summed E-state index contributed by atoms with van der Waals surface area (Å²) in [7, 11) is 6.73. The number of anilines is 2. The number of hydrogen-bond donors (Lipinski definition) is 0. The molecular formula is C32H34IrN3Si-. The summed E-state index contributed by atoms with van der Waals surface area (Å²) in [6.45, 7) is 5.05. The summed E-state index contributed by atoms with van der Waals surface area (Å²) >= 11 is 0. The van der Waals surface area contributed by atoms with Crippen LogP contribution >= 0.6 is 0 Å². The fourth-order valence-corrected chi connectivity index (χ4v) is 9.71. The van der Waals surface area contributed by atoms with Crippen LogP contribution in [-0.2, 0) is 38.4 Å². The second kappa shape index (κ2) is 9.23. The molecule has 0 N–H and O–H groups in total. The largest absolute Gasteiger partial charge is 0.378 e. The first kappa shape index (κ1) is 25.9. The minimum absolute atomic E-state index is 0. The molecule has 2 heterocycles. The molecule has 0 saturated heterocycles. The van der Waals surface area contributed by atoms with Crippen LogP contribution in [0, 0.1) is 6.07 Å². The maximum Gasteiger partial charge on any atom is 0.113 e. The van der Waals surface area contributed by atoms with E-state index in [0.717, 1.165) is 24.1 Å². The van der Waals surface area contributed by atoms with E-state index in [1.54, 1.807) is 10.4 Å². The summed E-state index contributed by atoms with van der Waals surface area (Å²) in [4.78, 5) is 9.07. The zero-order valence-corrected chi connectivity index (χ0v) is 25.9. The number of pyridine rings is 1. The van der Waals surface area contributed by atoms with Crippen molar-refractivity contribution in [1.29, 1.82) is 0 Å². The molecule has 0 amide bonds. The standard InChI is InChI=1S/C32H34N3Si.Ir/c1-34(2)25-12-14-30-27(18-25)32(28-19-26(35(3)4)13-15-31(28)36(30,5)6)20-23-11-10-22(17-24(23)21-32)29-9-7-8-16-33-29;/h7-9,11-19H,20-21H2,1-6H3;/q-1;. The quantitative estimate of drug-likeness (QED) is 0.227. The molecule has 0 saturated carbocycles. The van der Waals surface area contributed by atoms with Crippen LogP contribution in [0.1, 0.15) is 22.3 Å². The van der Waals surface area contributed by atoms with Crippen LogP contribution in [0.5, 0.6) is 0 Å². The minimum atomic E-state index is -1.86. The Morgan fingerprint density at radius 1 is 0.784 bits per heavy atom. The molecule has 1 aromatic heterocycles. The van der Waals surface area contributed by atoms with E-state index in [9.17, 15) is 0 Å². The smallest absolute Gasteiger partial charge is 0.113 e. The van der Waals surface area contributed by atoms with Crippen LogP contribution in [0.2, 0.25) is 13.1 Å². The van der Waals surface area contributed by atoms with Gasteiger partial charge in [-0.05, 0) is 60.0 Å². The molecule has 0 fully saturated rings. The van der Waals surface area contributed by atoms with Crippen molar-refractivity contribution in [2.45, 2.75) is 31.4 Å². The summed E-state index contributed by atoms with van der Waals surface area (Å²) in [6.07, 6.45) is 3.89. The molecule has 1 aliphatic heterocycles. The van der Waals surface area contributed by atoms with Gasteiger partial charge in [0.05, 0.1) is 0 Å². The van der Waals surface area contributed by atoms with Crippen molar-refractivity contribution >= 4 is 29.8 Å². The van der Waals surface area contributed by atoms with Crippen molar-refractivity contribution in [3.8, 4) is 11.3 Å². The summed E-state index contributed by atoms with van der Waals surface area (Å²) in [5.74, 6) is 0. The molecule has 1 spiro atoms. The number of fused-ring (bicyclic) bond motifs is 5. The molecule has 0 bridgehead atoms. The van der Waals surface area contributed by atoms with Crippen molar-refractivity contribution in [3.63, 3.8) is 0 Å². The first-order valence-corrected chi connectivity index (χ1v) is 15.8. The first-order chi connectivity index (χ1) is 17.2. The molecule has 6 rings (SSSR count). The molecule has 0 unspecified atom stereocenters. The molecule has 4 aromatic rings. The van der Waals surface area contributed by atoms with E-state index in [1.807, 2.05) is 12.3 Å². The fraction of sp³-hybridized carbons (Fsp3) is 0.281. The van der Waals surface area contributed by atoms with Crippen LogP contribution in [0.3, 0.4) is 0 Å². The van der Waals surface area contributed by atoms with Gasteiger partial charge in [0.1, 0.15) is 8.07 Å². The van der Waals surface area contributed by atoms with Gasteiger partial charge in [-0.3, -0.25) is 0 Å². The zero-order chi connectivity index (χ0) is 25.2. The van der Waals surface area contributed by atoms with E-state index in [1.165, 1.54) is 33.6 Å². The molecule has 191 valence electrons. The molecule has 0 atom stereocenters. The second-order valence-electron chi connectivity index (χ2n) is 11.4. The summed E-state index contributed by atoms with van der Waals surface area (Å²) in [6, 6.07) is 28.7. The van der Waals surface area contributed by atoms with E-state index in [-0.39, 0.29) is 25.5 Å². The van der Waals surface area contributed by atoms with Gasteiger partial charge in [-0.1, -0.05) is 47.7 Å². The molecule has 2 aliphatic rings. The van der Waals surface area contributed by atoms with Crippen LogP contribution < -0.4 is 20.2 Å². The molecule has 37 heavy (non-hydrogen) atoms. The number of hydrogen-bond acceptors (Lipinski definition) is 3. The molecular weight excluding hydrogens is 647 g/mol. The maximum absolute atomic E-state index is 4.59. The average molecular weight is 681 g/mol. The third kappa shape index (κ3) is 3.99. The number of rotatable bonds is 3. The van der Waals surface area contributed by atoms with E-state index in [0.29, 0.717) is 0 Å². The van der Waals surface area contributed by atoms with Crippen LogP contribution in [0.25, 0.3) is 11.3 Å². The molecule has 1 radical (unpaired) electrons. The van der Waals surface area contributed by atoms with Crippen molar-refractivity contribution in [2.24, 2.45) is 0 Å². The maximum atomic E-state index is 4.59. The van der Waals surface area contributed by atoms with Gasteiger partial charge in [-0.2, -0.15) is 0 Å². The molecule has 1 aliphatic carbocycles. The third-order valence-electron chi connectivity index (χ3n) is 8.48. The SMILES string of the molecule is CN(C)c1ccc2c(c1)C1(Cc3c[c-]c(-c4ccccn4)cc3C1)c1cc(N(C)C)ccc1[Si]2(C)C.[Ir]. The Labute approximate surface area is 235 Å². The van der Waals surface area contributed by atoms with Crippen molar-refractivity contribution < 1.29 is 20.1 Å². The van der Waals surface area contributed by atoms with Gasteiger partial charge in [-0.25, -0.2) is 0 Å². The van der Waals surface area contributed by atoms with Gasteiger partial charge in [0, 0.05) is 71.3 Å². The van der Waals surface area contributed by atoms with Crippen molar-refractivity contribution in [2.75, 3.05) is 38.0 Å². The van der Waals surface area contributed by atoms with Crippen LogP contribution in [0.4, 0.5) is 11.4 Å².